The SMILES string of the molecule is F[C@H]1CNCC[C@H]1n1ccc2c(N3C=CCNC3)cccc21. The average Bonchev–Trinajstić information content (AvgIpc) is 3.00. The molecule has 22 heavy (non-hydrogen) atoms. The van der Waals surface area contributed by atoms with Crippen LogP contribution in [-0.2, 0) is 0 Å². The molecule has 2 aliphatic heterocycles. The van der Waals surface area contributed by atoms with Gasteiger partial charge in [-0.05, 0) is 31.2 Å². The number of halogens is 1. The minimum Gasteiger partial charge on any atom is -0.341 e. The number of hydrogen-bond donors (Lipinski definition) is 2. The van der Waals surface area contributed by atoms with Crippen LogP contribution in [0.1, 0.15) is 12.5 Å². The molecular weight excluding hydrogens is 279 g/mol. The second-order valence-corrected chi connectivity index (χ2v) is 5.98. The van der Waals surface area contributed by atoms with Crippen LogP contribution in [0.2, 0.25) is 0 Å². The lowest BCUT2D eigenvalue weighted by Crippen LogP contribution is -2.39. The number of anilines is 1. The van der Waals surface area contributed by atoms with Gasteiger partial charge in [0, 0.05) is 30.9 Å². The van der Waals surface area contributed by atoms with Crippen LogP contribution >= 0.6 is 0 Å². The normalized spacial score (nSPS) is 25.8. The Morgan fingerprint density at radius 2 is 2.14 bits per heavy atom. The summed E-state index contributed by atoms with van der Waals surface area (Å²) in [4.78, 5) is 2.20. The van der Waals surface area contributed by atoms with E-state index in [2.05, 4.69) is 56.6 Å². The Morgan fingerprint density at radius 1 is 1.18 bits per heavy atom. The van der Waals surface area contributed by atoms with Crippen molar-refractivity contribution in [3.63, 3.8) is 0 Å². The summed E-state index contributed by atoms with van der Waals surface area (Å²) in [6.45, 7) is 3.04. The van der Waals surface area contributed by atoms with Gasteiger partial charge in [0.2, 0.25) is 0 Å². The van der Waals surface area contributed by atoms with Gasteiger partial charge in [-0.1, -0.05) is 12.1 Å². The van der Waals surface area contributed by atoms with Gasteiger partial charge in [0.25, 0.3) is 0 Å². The molecule has 1 aromatic heterocycles. The molecule has 2 N–H and O–H groups in total. The van der Waals surface area contributed by atoms with E-state index in [4.69, 9.17) is 0 Å². The van der Waals surface area contributed by atoms with Crippen LogP contribution in [0, 0.1) is 0 Å². The smallest absolute Gasteiger partial charge is 0.133 e. The van der Waals surface area contributed by atoms with E-state index in [9.17, 15) is 4.39 Å². The third-order valence-corrected chi connectivity index (χ3v) is 4.61. The third kappa shape index (κ3) is 2.30. The van der Waals surface area contributed by atoms with Gasteiger partial charge in [0.15, 0.2) is 0 Å². The first kappa shape index (κ1) is 13.8. The van der Waals surface area contributed by atoms with Gasteiger partial charge < -0.3 is 14.8 Å². The van der Waals surface area contributed by atoms with Gasteiger partial charge in [0.1, 0.15) is 6.17 Å². The summed E-state index contributed by atoms with van der Waals surface area (Å²) in [5.74, 6) is 0. The molecule has 0 saturated carbocycles. The van der Waals surface area contributed by atoms with Crippen LogP contribution in [0.4, 0.5) is 10.1 Å². The number of aromatic nitrogens is 1. The fourth-order valence-electron chi connectivity index (χ4n) is 3.50. The Kier molecular flexibility index (Phi) is 3.60. The molecule has 4 nitrogen and oxygen atoms in total. The maximum Gasteiger partial charge on any atom is 0.133 e. The molecule has 2 aromatic rings. The fourth-order valence-corrected chi connectivity index (χ4v) is 3.50. The summed E-state index contributed by atoms with van der Waals surface area (Å²) in [6, 6.07) is 8.32. The first-order valence-corrected chi connectivity index (χ1v) is 7.93. The number of hydrogen-bond acceptors (Lipinski definition) is 3. The molecule has 116 valence electrons. The average molecular weight is 300 g/mol. The van der Waals surface area contributed by atoms with Gasteiger partial charge in [-0.15, -0.1) is 0 Å². The van der Waals surface area contributed by atoms with E-state index >= 15 is 0 Å². The number of rotatable bonds is 2. The first-order valence-electron chi connectivity index (χ1n) is 7.93. The van der Waals surface area contributed by atoms with Crippen molar-refractivity contribution in [1.82, 2.24) is 15.2 Å². The third-order valence-electron chi connectivity index (χ3n) is 4.61. The zero-order valence-electron chi connectivity index (χ0n) is 12.5. The van der Waals surface area contributed by atoms with Crippen molar-refractivity contribution in [2.45, 2.75) is 18.6 Å². The summed E-state index contributed by atoms with van der Waals surface area (Å²) in [5.41, 5.74) is 2.29. The fraction of sp³-hybridized carbons (Fsp3) is 0.412. The van der Waals surface area contributed by atoms with E-state index in [1.807, 2.05) is 6.20 Å². The highest BCUT2D eigenvalue weighted by Crippen LogP contribution is 2.32. The second-order valence-electron chi connectivity index (χ2n) is 5.98. The van der Waals surface area contributed by atoms with Gasteiger partial charge in [-0.3, -0.25) is 5.32 Å². The predicted octanol–water partition coefficient (Wildman–Crippen LogP) is 2.39. The summed E-state index contributed by atoms with van der Waals surface area (Å²) in [5, 5.41) is 7.64. The maximum atomic E-state index is 14.3. The zero-order valence-corrected chi connectivity index (χ0v) is 12.5. The van der Waals surface area contributed by atoms with Gasteiger partial charge in [0.05, 0.1) is 23.9 Å². The number of alkyl halides is 1. The molecule has 1 aromatic carbocycles. The molecule has 0 aliphatic carbocycles. The van der Waals surface area contributed by atoms with Crippen molar-refractivity contribution in [3.05, 3.63) is 42.7 Å². The van der Waals surface area contributed by atoms with E-state index in [0.29, 0.717) is 6.54 Å². The van der Waals surface area contributed by atoms with Gasteiger partial charge in [-0.25, -0.2) is 4.39 Å². The van der Waals surface area contributed by atoms with Crippen molar-refractivity contribution in [2.75, 3.05) is 31.2 Å². The first-order chi connectivity index (χ1) is 10.8. The molecular formula is C17H21FN4. The van der Waals surface area contributed by atoms with E-state index in [0.717, 1.165) is 31.7 Å². The zero-order chi connectivity index (χ0) is 14.9. The molecule has 0 spiro atoms. The lowest BCUT2D eigenvalue weighted by atomic mass is 10.0. The Morgan fingerprint density at radius 3 is 2.95 bits per heavy atom. The number of nitrogens with one attached hydrogen (secondary N) is 2. The quantitative estimate of drug-likeness (QED) is 0.893. The molecule has 0 amide bonds. The standard InChI is InChI=1S/C17H21FN4/c18-14-11-19-8-5-17(14)22-10-6-13-15(3-1-4-16(13)22)21-9-2-7-20-12-21/h1-4,6,9-10,14,17,19-20H,5,7-8,11-12H2/t14-,17+/m0/s1. The largest absolute Gasteiger partial charge is 0.341 e. The highest BCUT2D eigenvalue weighted by atomic mass is 19.1. The van der Waals surface area contributed by atoms with Crippen molar-refractivity contribution in [2.24, 2.45) is 0 Å². The van der Waals surface area contributed by atoms with Crippen LogP contribution in [0.5, 0.6) is 0 Å². The molecule has 0 unspecified atom stereocenters. The highest BCUT2D eigenvalue weighted by molar-refractivity contribution is 5.93. The number of benzene rings is 1. The summed E-state index contributed by atoms with van der Waals surface area (Å²) < 4.78 is 16.4. The van der Waals surface area contributed by atoms with Gasteiger partial charge >= 0.3 is 0 Å². The highest BCUT2D eigenvalue weighted by Gasteiger charge is 2.27. The molecule has 0 bridgehead atoms. The van der Waals surface area contributed by atoms with Gasteiger partial charge in [-0.2, -0.15) is 0 Å². The number of fused-ring (bicyclic) bond motifs is 1. The van der Waals surface area contributed by atoms with Crippen molar-refractivity contribution >= 4 is 16.6 Å². The van der Waals surface area contributed by atoms with Crippen LogP contribution < -0.4 is 15.5 Å². The Balaban J connectivity index is 1.76. The van der Waals surface area contributed by atoms with Crippen LogP contribution in [0.25, 0.3) is 10.9 Å². The molecule has 1 saturated heterocycles. The van der Waals surface area contributed by atoms with E-state index in [1.165, 1.54) is 11.1 Å². The molecule has 2 aliphatic rings. The number of nitrogens with zero attached hydrogens (tertiary/aromatic N) is 2. The van der Waals surface area contributed by atoms with E-state index < -0.39 is 6.17 Å². The topological polar surface area (TPSA) is 32.2 Å². The lowest BCUT2D eigenvalue weighted by molar-refractivity contribution is 0.187. The van der Waals surface area contributed by atoms with E-state index in [1.54, 1.807) is 0 Å². The second kappa shape index (κ2) is 5.74. The maximum absolute atomic E-state index is 14.3. The van der Waals surface area contributed by atoms with Crippen molar-refractivity contribution < 1.29 is 4.39 Å². The Labute approximate surface area is 129 Å². The van der Waals surface area contributed by atoms with E-state index in [-0.39, 0.29) is 6.04 Å². The molecule has 5 heteroatoms. The Bertz CT molecular complexity index is 693. The summed E-state index contributed by atoms with van der Waals surface area (Å²) in [6.07, 6.45) is 6.28. The minimum absolute atomic E-state index is 0.0657. The summed E-state index contributed by atoms with van der Waals surface area (Å²) >= 11 is 0. The molecule has 1 fully saturated rings. The van der Waals surface area contributed by atoms with Crippen molar-refractivity contribution in [3.8, 4) is 0 Å². The summed E-state index contributed by atoms with van der Waals surface area (Å²) in [7, 11) is 0. The van der Waals surface area contributed by atoms with Crippen LogP contribution in [0.3, 0.4) is 0 Å². The van der Waals surface area contributed by atoms with Crippen LogP contribution in [-0.4, -0.2) is 37.0 Å². The minimum atomic E-state index is -0.829. The number of piperidine rings is 1. The van der Waals surface area contributed by atoms with Crippen LogP contribution in [0.15, 0.2) is 42.7 Å². The predicted molar refractivity (Wildman–Crippen MR) is 87.8 cm³/mol. The van der Waals surface area contributed by atoms with Crippen molar-refractivity contribution in [1.29, 1.82) is 0 Å². The molecule has 4 rings (SSSR count). The Hall–Kier alpha value is -1.85. The molecule has 2 atom stereocenters. The molecule has 3 heterocycles. The lowest BCUT2D eigenvalue weighted by Gasteiger charge is -2.29. The monoisotopic (exact) mass is 300 g/mol. The molecule has 0 radical (unpaired) electrons.